The molecule has 9 heteroatoms. The molecule has 1 fully saturated rings. The number of ether oxygens (including phenoxy) is 1. The van der Waals surface area contributed by atoms with Gasteiger partial charge >= 0.3 is 0 Å². The van der Waals surface area contributed by atoms with Gasteiger partial charge in [-0.25, -0.2) is 33.1 Å². The Kier molecular flexibility index (Phi) is 8.66. The number of anilines is 1. The molecule has 4 bridgehead atoms. The second-order valence-electron chi connectivity index (χ2n) is 13.9. The van der Waals surface area contributed by atoms with Gasteiger partial charge in [0.2, 0.25) is 5.95 Å². The first kappa shape index (κ1) is 31.1. The van der Waals surface area contributed by atoms with E-state index in [1.54, 1.807) is 24.5 Å². The number of fused-ring (bicyclic) bond motifs is 4. The largest absolute Gasteiger partial charge is 0.487 e. The van der Waals surface area contributed by atoms with E-state index in [-0.39, 0.29) is 34.2 Å². The monoisotopic (exact) mass is 625 g/mol. The maximum Gasteiger partial charge on any atom is 0.264 e. The van der Waals surface area contributed by atoms with Crippen molar-refractivity contribution >= 4 is 16.0 Å². The Hall–Kier alpha value is -3.85. The first-order valence-corrected chi connectivity index (χ1v) is 17.5. The van der Waals surface area contributed by atoms with Gasteiger partial charge in [-0.1, -0.05) is 51.1 Å². The molecule has 45 heavy (non-hydrogen) atoms. The molecule has 1 aliphatic heterocycles. The zero-order valence-electron chi connectivity index (χ0n) is 26.9. The number of rotatable bonds is 6. The summed E-state index contributed by atoms with van der Waals surface area (Å²) in [5.41, 5.74) is 5.71. The number of benzene rings is 2. The molecule has 0 saturated heterocycles. The van der Waals surface area contributed by atoms with E-state index in [2.05, 4.69) is 51.5 Å². The second kappa shape index (κ2) is 12.5. The van der Waals surface area contributed by atoms with Gasteiger partial charge in [0.1, 0.15) is 5.82 Å². The summed E-state index contributed by atoms with van der Waals surface area (Å²) >= 11 is 0. The van der Waals surface area contributed by atoms with Crippen LogP contribution in [0.25, 0.3) is 11.3 Å². The molecule has 0 spiro atoms. The third-order valence-corrected chi connectivity index (χ3v) is 10.3. The maximum absolute atomic E-state index is 13.8. The minimum Gasteiger partial charge on any atom is -0.487 e. The highest BCUT2D eigenvalue weighted by molar-refractivity contribution is 7.92. The van der Waals surface area contributed by atoms with Gasteiger partial charge in [0.05, 0.1) is 29.1 Å². The van der Waals surface area contributed by atoms with Gasteiger partial charge in [-0.3, -0.25) is 0 Å². The number of aryl methyl sites for hydroxylation is 3. The lowest BCUT2D eigenvalue weighted by Gasteiger charge is -2.33. The van der Waals surface area contributed by atoms with Crippen LogP contribution in [0.2, 0.25) is 0 Å². The van der Waals surface area contributed by atoms with Crippen LogP contribution in [0.4, 0.5) is 5.95 Å². The predicted octanol–water partition coefficient (Wildman–Crippen LogP) is 7.61. The first-order valence-electron chi connectivity index (χ1n) is 16.0. The molecule has 3 heterocycles. The van der Waals surface area contributed by atoms with Crippen LogP contribution in [0.15, 0.2) is 65.8 Å². The van der Waals surface area contributed by atoms with Gasteiger partial charge in [-0.2, -0.15) is 0 Å². The molecule has 1 saturated carbocycles. The quantitative estimate of drug-likeness (QED) is 0.235. The van der Waals surface area contributed by atoms with Crippen molar-refractivity contribution in [3.63, 3.8) is 0 Å². The van der Waals surface area contributed by atoms with Crippen LogP contribution in [-0.4, -0.2) is 34.5 Å². The lowest BCUT2D eigenvalue weighted by molar-refractivity contribution is 0.119. The normalized spacial score (nSPS) is 19.8. The van der Waals surface area contributed by atoms with E-state index < -0.39 is 10.0 Å². The molecule has 236 valence electrons. The van der Waals surface area contributed by atoms with Crippen molar-refractivity contribution in [1.29, 1.82) is 0 Å². The van der Waals surface area contributed by atoms with Crippen molar-refractivity contribution in [1.82, 2.24) is 19.9 Å². The Morgan fingerprint density at radius 2 is 1.64 bits per heavy atom. The summed E-state index contributed by atoms with van der Waals surface area (Å²) in [6.07, 6.45) is 10.2. The molecule has 6 rings (SSSR count). The minimum atomic E-state index is -3.95. The zero-order valence-corrected chi connectivity index (χ0v) is 27.7. The van der Waals surface area contributed by atoms with Gasteiger partial charge < -0.3 is 4.74 Å². The standard InChI is InChI=1S/C36H43N5O3S/c1-23-9-6-10-24(2)34(23)32-18-27-16-15-26(20-36(3,4)5)31(19-33-37-21-29(22-38-33)44-28-12-8-13-28)25-11-7-14-30(17-25)45(42,43)41-35(39-27)40-32/h6-7,9-11,14,17-18,21-22,26,28,31H,8,12-13,15-16,19-20H2,1-5H3,(H,39,40,41)/t26-,31?/m0/s1. The molecule has 2 aliphatic rings. The summed E-state index contributed by atoms with van der Waals surface area (Å²) in [5, 5.41) is 0. The molecule has 1 N–H and O–H groups in total. The van der Waals surface area contributed by atoms with E-state index in [9.17, 15) is 8.42 Å². The van der Waals surface area contributed by atoms with Crippen molar-refractivity contribution in [3.05, 3.63) is 89.1 Å². The third kappa shape index (κ3) is 7.35. The number of aromatic nitrogens is 4. The molecule has 8 nitrogen and oxygen atoms in total. The predicted molar refractivity (Wildman–Crippen MR) is 177 cm³/mol. The average molecular weight is 626 g/mol. The smallest absolute Gasteiger partial charge is 0.264 e. The van der Waals surface area contributed by atoms with Crippen LogP contribution in [0.3, 0.4) is 0 Å². The summed E-state index contributed by atoms with van der Waals surface area (Å²) in [5.74, 6) is 1.73. The van der Waals surface area contributed by atoms with E-state index in [1.807, 2.05) is 24.3 Å². The highest BCUT2D eigenvalue weighted by Gasteiger charge is 2.31. The maximum atomic E-state index is 13.8. The zero-order chi connectivity index (χ0) is 31.8. The molecule has 2 aromatic heterocycles. The van der Waals surface area contributed by atoms with Crippen LogP contribution in [0.1, 0.15) is 87.0 Å². The van der Waals surface area contributed by atoms with E-state index in [1.165, 1.54) is 6.42 Å². The highest BCUT2D eigenvalue weighted by Crippen LogP contribution is 2.40. The Bertz CT molecular complexity index is 1760. The summed E-state index contributed by atoms with van der Waals surface area (Å²) in [6, 6.07) is 15.4. The van der Waals surface area contributed by atoms with E-state index in [0.717, 1.165) is 65.1 Å². The van der Waals surface area contributed by atoms with Crippen LogP contribution >= 0.6 is 0 Å². The molecule has 0 amide bonds. The number of hydrogen-bond donors (Lipinski definition) is 1. The fourth-order valence-electron chi connectivity index (χ4n) is 6.62. The van der Waals surface area contributed by atoms with Gasteiger partial charge in [-0.15, -0.1) is 0 Å². The summed E-state index contributed by atoms with van der Waals surface area (Å²) < 4.78 is 36.2. The van der Waals surface area contributed by atoms with Crippen LogP contribution in [-0.2, 0) is 22.9 Å². The number of nitrogens with one attached hydrogen (secondary N) is 1. The van der Waals surface area contributed by atoms with Crippen LogP contribution in [0.5, 0.6) is 5.75 Å². The van der Waals surface area contributed by atoms with Crippen molar-refractivity contribution in [2.24, 2.45) is 11.3 Å². The van der Waals surface area contributed by atoms with Gasteiger partial charge in [0, 0.05) is 17.7 Å². The number of hydrogen-bond acceptors (Lipinski definition) is 7. The van der Waals surface area contributed by atoms with Gasteiger partial charge in [0.15, 0.2) is 5.75 Å². The summed E-state index contributed by atoms with van der Waals surface area (Å²) in [4.78, 5) is 19.0. The highest BCUT2D eigenvalue weighted by atomic mass is 32.2. The Balaban J connectivity index is 1.41. The fourth-order valence-corrected chi connectivity index (χ4v) is 7.62. The van der Waals surface area contributed by atoms with E-state index in [4.69, 9.17) is 24.7 Å². The van der Waals surface area contributed by atoms with E-state index >= 15 is 0 Å². The fraction of sp³-hybridized carbons (Fsp3) is 0.444. The summed E-state index contributed by atoms with van der Waals surface area (Å²) in [6.45, 7) is 10.9. The van der Waals surface area contributed by atoms with Crippen LogP contribution < -0.4 is 9.46 Å². The molecule has 4 aromatic rings. The van der Waals surface area contributed by atoms with Gasteiger partial charge in [0.25, 0.3) is 10.0 Å². The molecular weight excluding hydrogens is 582 g/mol. The van der Waals surface area contributed by atoms with Crippen LogP contribution in [0, 0.1) is 25.2 Å². The molecule has 2 aromatic carbocycles. The summed E-state index contributed by atoms with van der Waals surface area (Å²) in [7, 11) is -3.95. The number of sulfonamides is 1. The topological polar surface area (TPSA) is 107 Å². The van der Waals surface area contributed by atoms with Crippen molar-refractivity contribution in [3.8, 4) is 17.0 Å². The second-order valence-corrected chi connectivity index (χ2v) is 15.6. The molecule has 1 aliphatic carbocycles. The molecule has 0 radical (unpaired) electrons. The Morgan fingerprint density at radius 1 is 0.933 bits per heavy atom. The van der Waals surface area contributed by atoms with Gasteiger partial charge in [-0.05, 0) is 105 Å². The minimum absolute atomic E-state index is 0.00316. The third-order valence-electron chi connectivity index (χ3n) is 8.99. The molecule has 1 unspecified atom stereocenters. The lowest BCUT2D eigenvalue weighted by Crippen LogP contribution is -2.25. The SMILES string of the molecule is Cc1cccc(C)c1-c1cc2nc(n1)NS(=O)(=O)c1cccc(c1)C(Cc1ncc(OC3CCC3)cn1)[C@H](CC(C)(C)C)CC2. The van der Waals surface area contributed by atoms with Crippen molar-refractivity contribution in [2.75, 3.05) is 4.72 Å². The first-order chi connectivity index (χ1) is 21.4. The lowest BCUT2D eigenvalue weighted by atomic mass is 9.72. The number of nitrogens with zero attached hydrogens (tertiary/aromatic N) is 4. The van der Waals surface area contributed by atoms with Crippen molar-refractivity contribution in [2.45, 2.75) is 96.5 Å². The average Bonchev–Trinajstić information content (AvgIpc) is 2.95. The Morgan fingerprint density at radius 3 is 2.31 bits per heavy atom. The molecule has 2 atom stereocenters. The van der Waals surface area contributed by atoms with E-state index in [0.29, 0.717) is 18.6 Å². The van der Waals surface area contributed by atoms with Crippen molar-refractivity contribution < 1.29 is 13.2 Å². The molecular formula is C36H43N5O3S. The Labute approximate surface area is 267 Å².